The van der Waals surface area contributed by atoms with E-state index in [4.69, 9.17) is 0 Å². The molecule has 0 bridgehead atoms. The predicted octanol–water partition coefficient (Wildman–Crippen LogP) is 4.89. The molecular formula is C19H14F3NO3S3. The van der Waals surface area contributed by atoms with E-state index in [0.29, 0.717) is 13.0 Å². The standard InChI is InChI=1S/C19H14F3NO3S3/c20-19(21,22)29(25,26)13-5-3-12(4-6-13)18(24)23-9-7-15-14(8-11-28-15)17(23)16-2-1-10-27-16/h1-6,8,10-11,17H,7,9H2. The summed E-state index contributed by atoms with van der Waals surface area (Å²) < 4.78 is 61.2. The Bertz CT molecular complexity index is 1130. The molecule has 4 nitrogen and oxygen atoms in total. The number of alkyl halides is 3. The number of thiophene rings is 2. The lowest BCUT2D eigenvalue weighted by Crippen LogP contribution is -2.39. The molecule has 0 aliphatic carbocycles. The number of carbonyl (C=O) groups is 1. The van der Waals surface area contributed by atoms with Gasteiger partial charge in [-0.25, -0.2) is 8.42 Å². The molecule has 1 aromatic carbocycles. The maximum Gasteiger partial charge on any atom is 0.501 e. The van der Waals surface area contributed by atoms with Gasteiger partial charge < -0.3 is 4.90 Å². The van der Waals surface area contributed by atoms with Gasteiger partial charge in [-0.2, -0.15) is 13.2 Å². The monoisotopic (exact) mass is 457 g/mol. The normalized spacial score (nSPS) is 17.2. The van der Waals surface area contributed by atoms with Gasteiger partial charge in [0.1, 0.15) is 0 Å². The molecule has 0 spiro atoms. The fourth-order valence-corrected chi connectivity index (χ4v) is 5.88. The molecule has 3 aromatic rings. The Kier molecular flexibility index (Phi) is 5.04. The maximum absolute atomic E-state index is 13.2. The van der Waals surface area contributed by atoms with E-state index in [0.717, 1.165) is 34.7 Å². The van der Waals surface area contributed by atoms with Gasteiger partial charge in [-0.1, -0.05) is 6.07 Å². The fraction of sp³-hybridized carbons (Fsp3) is 0.211. The highest BCUT2D eigenvalue weighted by Gasteiger charge is 2.46. The molecule has 1 atom stereocenters. The molecule has 1 aliphatic heterocycles. The van der Waals surface area contributed by atoms with Crippen LogP contribution in [0.3, 0.4) is 0 Å². The van der Waals surface area contributed by atoms with Crippen molar-refractivity contribution in [3.8, 4) is 0 Å². The Morgan fingerprint density at radius 3 is 2.38 bits per heavy atom. The number of benzene rings is 1. The fourth-order valence-electron chi connectivity index (χ4n) is 3.36. The highest BCUT2D eigenvalue weighted by Crippen LogP contribution is 2.40. The molecule has 0 saturated heterocycles. The molecule has 2 aromatic heterocycles. The average molecular weight is 458 g/mol. The number of sulfone groups is 1. The third-order valence-corrected chi connectivity index (χ3v) is 8.18. The largest absolute Gasteiger partial charge is 0.501 e. The summed E-state index contributed by atoms with van der Waals surface area (Å²) in [7, 11) is -5.44. The number of nitrogens with zero attached hydrogens (tertiary/aromatic N) is 1. The second-order valence-corrected chi connectivity index (χ2v) is 10.4. The average Bonchev–Trinajstić information content (AvgIpc) is 3.37. The maximum atomic E-state index is 13.2. The molecule has 0 radical (unpaired) electrons. The van der Waals surface area contributed by atoms with Gasteiger partial charge in [0.15, 0.2) is 0 Å². The molecular weight excluding hydrogens is 443 g/mol. The summed E-state index contributed by atoms with van der Waals surface area (Å²) in [5, 5.41) is 3.91. The van der Waals surface area contributed by atoms with E-state index in [9.17, 15) is 26.4 Å². The van der Waals surface area contributed by atoms with Crippen molar-refractivity contribution in [2.75, 3.05) is 6.54 Å². The van der Waals surface area contributed by atoms with Gasteiger partial charge in [-0.05, 0) is 59.1 Å². The predicted molar refractivity (Wildman–Crippen MR) is 105 cm³/mol. The van der Waals surface area contributed by atoms with Crippen LogP contribution in [0.25, 0.3) is 0 Å². The quantitative estimate of drug-likeness (QED) is 0.563. The van der Waals surface area contributed by atoms with Gasteiger partial charge in [0.05, 0.1) is 10.9 Å². The van der Waals surface area contributed by atoms with Crippen molar-refractivity contribution < 1.29 is 26.4 Å². The molecule has 29 heavy (non-hydrogen) atoms. The van der Waals surface area contributed by atoms with Gasteiger partial charge in [0.25, 0.3) is 15.7 Å². The number of fused-ring (bicyclic) bond motifs is 1. The molecule has 0 fully saturated rings. The van der Waals surface area contributed by atoms with E-state index in [-0.39, 0.29) is 17.5 Å². The van der Waals surface area contributed by atoms with E-state index in [1.54, 1.807) is 16.2 Å². The molecule has 0 N–H and O–H groups in total. The number of halogens is 3. The molecule has 152 valence electrons. The summed E-state index contributed by atoms with van der Waals surface area (Å²) in [4.78, 5) is 16.2. The van der Waals surface area contributed by atoms with Crippen molar-refractivity contribution in [1.29, 1.82) is 0 Å². The minimum atomic E-state index is -5.44. The van der Waals surface area contributed by atoms with E-state index in [1.807, 2.05) is 29.0 Å². The first-order valence-corrected chi connectivity index (χ1v) is 11.8. The van der Waals surface area contributed by atoms with Crippen LogP contribution in [0, 0.1) is 0 Å². The van der Waals surface area contributed by atoms with Crippen LogP contribution in [-0.4, -0.2) is 31.3 Å². The number of carbonyl (C=O) groups excluding carboxylic acids is 1. The van der Waals surface area contributed by atoms with Gasteiger partial charge in [-0.15, -0.1) is 22.7 Å². The highest BCUT2D eigenvalue weighted by atomic mass is 32.2. The second-order valence-electron chi connectivity index (χ2n) is 6.44. The Hall–Kier alpha value is -2.17. The van der Waals surface area contributed by atoms with E-state index in [1.165, 1.54) is 16.2 Å². The van der Waals surface area contributed by atoms with Crippen LogP contribution in [0.1, 0.15) is 31.7 Å². The Labute approximate surface area is 173 Å². The summed E-state index contributed by atoms with van der Waals surface area (Å²) in [6, 6.07) is 9.50. The van der Waals surface area contributed by atoms with Crippen LogP contribution in [-0.2, 0) is 16.3 Å². The van der Waals surface area contributed by atoms with Crippen molar-refractivity contribution in [3.63, 3.8) is 0 Å². The first-order valence-electron chi connectivity index (χ1n) is 8.52. The first kappa shape index (κ1) is 20.1. The van der Waals surface area contributed by atoms with Gasteiger partial charge in [-0.3, -0.25) is 4.79 Å². The topological polar surface area (TPSA) is 54.5 Å². The third-order valence-electron chi connectivity index (χ3n) is 4.76. The molecule has 0 saturated carbocycles. The lowest BCUT2D eigenvalue weighted by Gasteiger charge is -2.35. The van der Waals surface area contributed by atoms with Crippen molar-refractivity contribution in [3.05, 3.63) is 74.1 Å². The summed E-state index contributed by atoms with van der Waals surface area (Å²) in [5.74, 6) is -0.351. The van der Waals surface area contributed by atoms with Crippen molar-refractivity contribution in [2.24, 2.45) is 0 Å². The van der Waals surface area contributed by atoms with Crippen LogP contribution in [0.15, 0.2) is 58.1 Å². The second kappa shape index (κ2) is 7.26. The van der Waals surface area contributed by atoms with Crippen molar-refractivity contribution >= 4 is 38.4 Å². The van der Waals surface area contributed by atoms with E-state index < -0.39 is 20.2 Å². The SMILES string of the molecule is O=C(c1ccc(S(=O)(=O)C(F)(F)F)cc1)N1CCc2sccc2C1c1cccs1. The summed E-state index contributed by atoms with van der Waals surface area (Å²) in [6.45, 7) is 0.470. The minimum Gasteiger partial charge on any atom is -0.326 e. The molecule has 1 amide bonds. The van der Waals surface area contributed by atoms with Crippen molar-refractivity contribution in [1.82, 2.24) is 4.90 Å². The third kappa shape index (κ3) is 3.49. The molecule has 10 heteroatoms. The van der Waals surface area contributed by atoms with Crippen LogP contribution >= 0.6 is 22.7 Å². The zero-order chi connectivity index (χ0) is 20.8. The lowest BCUT2D eigenvalue weighted by atomic mass is 9.97. The van der Waals surface area contributed by atoms with Gasteiger partial charge in [0.2, 0.25) is 0 Å². The molecule has 1 unspecified atom stereocenters. The van der Waals surface area contributed by atoms with Gasteiger partial charge in [0, 0.05) is 21.9 Å². The lowest BCUT2D eigenvalue weighted by molar-refractivity contribution is -0.0436. The zero-order valence-electron chi connectivity index (χ0n) is 14.7. The van der Waals surface area contributed by atoms with Crippen LogP contribution in [0.5, 0.6) is 0 Å². The minimum absolute atomic E-state index is 0.145. The smallest absolute Gasteiger partial charge is 0.326 e. The van der Waals surface area contributed by atoms with Gasteiger partial charge >= 0.3 is 5.51 Å². The van der Waals surface area contributed by atoms with Crippen LogP contribution in [0.4, 0.5) is 13.2 Å². The summed E-state index contributed by atoms with van der Waals surface area (Å²) in [5.41, 5.74) is -4.19. The number of hydrogen-bond donors (Lipinski definition) is 0. The zero-order valence-corrected chi connectivity index (χ0v) is 17.2. The van der Waals surface area contributed by atoms with E-state index >= 15 is 0 Å². The molecule has 1 aliphatic rings. The number of hydrogen-bond acceptors (Lipinski definition) is 5. The summed E-state index contributed by atoms with van der Waals surface area (Å²) >= 11 is 3.16. The first-order chi connectivity index (χ1) is 13.7. The number of rotatable bonds is 3. The van der Waals surface area contributed by atoms with Crippen molar-refractivity contribution in [2.45, 2.75) is 22.9 Å². The molecule has 3 heterocycles. The Morgan fingerprint density at radius 1 is 1.03 bits per heavy atom. The molecule has 4 rings (SSSR count). The van der Waals surface area contributed by atoms with E-state index in [2.05, 4.69) is 0 Å². The highest BCUT2D eigenvalue weighted by molar-refractivity contribution is 7.92. The van der Waals surface area contributed by atoms with Crippen LogP contribution in [0.2, 0.25) is 0 Å². The number of amides is 1. The Morgan fingerprint density at radius 2 is 1.76 bits per heavy atom. The summed E-state index contributed by atoms with van der Waals surface area (Å²) in [6.07, 6.45) is 0.696. The Balaban J connectivity index is 1.67. The van der Waals surface area contributed by atoms with Crippen LogP contribution < -0.4 is 0 Å².